The number of hydrogen-bond acceptors (Lipinski definition) is 3. The van der Waals surface area contributed by atoms with Crippen LogP contribution < -0.4 is 0 Å². The van der Waals surface area contributed by atoms with E-state index in [2.05, 4.69) is 18.2 Å². The molecule has 22 heavy (non-hydrogen) atoms. The van der Waals surface area contributed by atoms with Gasteiger partial charge in [-0.15, -0.1) is 4.91 Å². The Balaban J connectivity index is 1.57. The summed E-state index contributed by atoms with van der Waals surface area (Å²) in [5, 5.41) is 13.0. The maximum Gasteiger partial charge on any atom is 0.0812 e. The number of aliphatic hydroxyl groups is 1. The summed E-state index contributed by atoms with van der Waals surface area (Å²) in [4.78, 5) is 10.8. The van der Waals surface area contributed by atoms with Gasteiger partial charge in [-0.2, -0.15) is 0 Å². The molecule has 3 fully saturated rings. The van der Waals surface area contributed by atoms with Gasteiger partial charge in [-0.25, -0.2) is 0 Å². The van der Waals surface area contributed by atoms with Gasteiger partial charge in [-0.05, 0) is 97.5 Å². The van der Waals surface area contributed by atoms with Gasteiger partial charge in [0.05, 0.1) is 5.70 Å². The molecule has 0 aromatic carbocycles. The highest BCUT2D eigenvalue weighted by Gasteiger charge is 2.56. The molecule has 3 saturated carbocycles. The van der Waals surface area contributed by atoms with E-state index in [1.165, 1.54) is 38.5 Å². The number of rotatable bonds is 2. The Morgan fingerprint density at radius 2 is 2.05 bits per heavy atom. The van der Waals surface area contributed by atoms with Crippen molar-refractivity contribution in [2.24, 2.45) is 46.1 Å². The SMILES string of the molecule is C[C@]12CCC3C4CC=C(N=O)CC4CCC3C1CC[C@@H]2CO. The third-order valence-electron chi connectivity index (χ3n) is 8.15. The van der Waals surface area contributed by atoms with E-state index in [9.17, 15) is 10.0 Å². The van der Waals surface area contributed by atoms with Gasteiger partial charge in [-0.3, -0.25) is 0 Å². The lowest BCUT2D eigenvalue weighted by Crippen LogP contribution is -2.48. The van der Waals surface area contributed by atoms with E-state index in [4.69, 9.17) is 0 Å². The Bertz CT molecular complexity index is 488. The first-order valence-electron chi connectivity index (χ1n) is 9.30. The van der Waals surface area contributed by atoms with Crippen LogP contribution in [0.4, 0.5) is 0 Å². The first kappa shape index (κ1) is 14.9. The summed E-state index contributed by atoms with van der Waals surface area (Å²) in [6.07, 6.45) is 12.0. The molecule has 122 valence electrons. The molecule has 0 amide bonds. The molecule has 4 rings (SSSR count). The highest BCUT2D eigenvalue weighted by atomic mass is 16.3. The van der Waals surface area contributed by atoms with Gasteiger partial charge in [-0.1, -0.05) is 13.0 Å². The van der Waals surface area contributed by atoms with Crippen LogP contribution in [0.1, 0.15) is 58.3 Å². The summed E-state index contributed by atoms with van der Waals surface area (Å²) in [5.41, 5.74) is 1.20. The second-order valence-electron chi connectivity index (χ2n) is 8.66. The third-order valence-corrected chi connectivity index (χ3v) is 8.15. The summed E-state index contributed by atoms with van der Waals surface area (Å²) < 4.78 is 0. The third kappa shape index (κ3) is 2.04. The second kappa shape index (κ2) is 5.43. The predicted octanol–water partition coefficient (Wildman–Crippen LogP) is 4.51. The fourth-order valence-corrected chi connectivity index (χ4v) is 6.96. The van der Waals surface area contributed by atoms with Crippen LogP contribution in [0, 0.1) is 45.8 Å². The Morgan fingerprint density at radius 1 is 1.18 bits per heavy atom. The molecule has 0 aliphatic heterocycles. The molecule has 4 aliphatic carbocycles. The van der Waals surface area contributed by atoms with Crippen molar-refractivity contribution in [1.82, 2.24) is 0 Å². The van der Waals surface area contributed by atoms with Crippen molar-refractivity contribution in [2.75, 3.05) is 6.61 Å². The second-order valence-corrected chi connectivity index (χ2v) is 8.66. The van der Waals surface area contributed by atoms with E-state index < -0.39 is 0 Å². The minimum absolute atomic E-state index is 0.382. The highest BCUT2D eigenvalue weighted by Crippen LogP contribution is 2.63. The van der Waals surface area contributed by atoms with E-state index in [-0.39, 0.29) is 0 Å². The van der Waals surface area contributed by atoms with Crippen molar-refractivity contribution in [2.45, 2.75) is 58.3 Å². The monoisotopic (exact) mass is 303 g/mol. The summed E-state index contributed by atoms with van der Waals surface area (Å²) in [6, 6.07) is 0. The maximum absolute atomic E-state index is 10.8. The predicted molar refractivity (Wildman–Crippen MR) is 86.9 cm³/mol. The first-order valence-corrected chi connectivity index (χ1v) is 9.30. The van der Waals surface area contributed by atoms with Crippen molar-refractivity contribution in [3.05, 3.63) is 16.7 Å². The van der Waals surface area contributed by atoms with Crippen molar-refractivity contribution in [1.29, 1.82) is 0 Å². The molecule has 3 nitrogen and oxygen atoms in total. The van der Waals surface area contributed by atoms with E-state index in [1.54, 1.807) is 0 Å². The number of fused-ring (bicyclic) bond motifs is 5. The molecule has 0 saturated heterocycles. The van der Waals surface area contributed by atoms with Crippen LogP contribution >= 0.6 is 0 Å². The van der Waals surface area contributed by atoms with E-state index in [0.29, 0.717) is 23.9 Å². The van der Waals surface area contributed by atoms with Crippen molar-refractivity contribution in [3.63, 3.8) is 0 Å². The first-order chi connectivity index (χ1) is 10.7. The number of nitrogens with zero attached hydrogens (tertiary/aromatic N) is 1. The van der Waals surface area contributed by atoms with E-state index in [1.807, 2.05) is 0 Å². The molecule has 0 aromatic heterocycles. The molecule has 5 unspecified atom stereocenters. The highest BCUT2D eigenvalue weighted by molar-refractivity contribution is 5.12. The Labute approximate surface area is 133 Å². The molecular formula is C19H29NO2. The number of nitroso groups, excluding NO2 is 1. The zero-order valence-electron chi connectivity index (χ0n) is 13.7. The molecule has 0 spiro atoms. The fourth-order valence-electron chi connectivity index (χ4n) is 6.96. The molecule has 4 aliphatic rings. The number of aliphatic hydroxyl groups excluding tert-OH is 1. The average Bonchev–Trinajstić information content (AvgIpc) is 2.90. The van der Waals surface area contributed by atoms with Gasteiger partial charge >= 0.3 is 0 Å². The Morgan fingerprint density at radius 3 is 2.82 bits per heavy atom. The molecule has 0 heterocycles. The Hall–Kier alpha value is -0.700. The van der Waals surface area contributed by atoms with Gasteiger partial charge in [0, 0.05) is 6.61 Å². The van der Waals surface area contributed by atoms with Gasteiger partial charge in [0.15, 0.2) is 0 Å². The molecule has 0 bridgehead atoms. The van der Waals surface area contributed by atoms with Crippen LogP contribution in [0.3, 0.4) is 0 Å². The lowest BCUT2D eigenvalue weighted by Gasteiger charge is -2.55. The van der Waals surface area contributed by atoms with Crippen LogP contribution in [0.5, 0.6) is 0 Å². The maximum atomic E-state index is 10.8. The standard InChI is InChI=1S/C19H29NO2/c1-19-9-8-16-15-6-4-14(20-22)10-12(15)2-5-17(16)18(19)7-3-13(19)11-21/h4,12-13,15-18,21H,2-3,5-11H2,1H3/t12?,13-,15?,16?,17?,18?,19-/m1/s1. The van der Waals surface area contributed by atoms with Crippen LogP contribution in [0.25, 0.3) is 0 Å². The summed E-state index contributed by atoms with van der Waals surface area (Å²) in [7, 11) is 0. The number of hydrogen-bond donors (Lipinski definition) is 1. The molecule has 3 heteroatoms. The van der Waals surface area contributed by atoms with E-state index in [0.717, 1.165) is 42.2 Å². The smallest absolute Gasteiger partial charge is 0.0812 e. The molecule has 0 radical (unpaired) electrons. The summed E-state index contributed by atoms with van der Waals surface area (Å²) in [6.45, 7) is 2.84. The number of allylic oxidation sites excluding steroid dienone is 2. The van der Waals surface area contributed by atoms with Crippen LogP contribution in [0.2, 0.25) is 0 Å². The van der Waals surface area contributed by atoms with Gasteiger partial charge in [0.1, 0.15) is 0 Å². The quantitative estimate of drug-likeness (QED) is 0.763. The lowest BCUT2D eigenvalue weighted by molar-refractivity contribution is -0.0593. The summed E-state index contributed by atoms with van der Waals surface area (Å²) >= 11 is 0. The minimum atomic E-state index is 0.382. The molecule has 0 aromatic rings. The normalized spacial score (nSPS) is 50.5. The van der Waals surface area contributed by atoms with Crippen LogP contribution in [0.15, 0.2) is 16.9 Å². The Kier molecular flexibility index (Phi) is 3.67. The average molecular weight is 303 g/mol. The van der Waals surface area contributed by atoms with Crippen LogP contribution in [-0.4, -0.2) is 11.7 Å². The van der Waals surface area contributed by atoms with E-state index >= 15 is 0 Å². The topological polar surface area (TPSA) is 49.7 Å². The largest absolute Gasteiger partial charge is 0.396 e. The molecular weight excluding hydrogens is 274 g/mol. The zero-order chi connectivity index (χ0) is 15.3. The lowest BCUT2D eigenvalue weighted by atomic mass is 9.50. The molecule has 7 atom stereocenters. The molecule has 1 N–H and O–H groups in total. The van der Waals surface area contributed by atoms with Gasteiger partial charge < -0.3 is 5.11 Å². The van der Waals surface area contributed by atoms with Gasteiger partial charge in [0.25, 0.3) is 0 Å². The zero-order valence-corrected chi connectivity index (χ0v) is 13.7. The van der Waals surface area contributed by atoms with Gasteiger partial charge in [0.2, 0.25) is 0 Å². The van der Waals surface area contributed by atoms with Crippen molar-refractivity contribution < 1.29 is 5.11 Å². The summed E-state index contributed by atoms with van der Waals surface area (Å²) in [5.74, 6) is 4.60. The van der Waals surface area contributed by atoms with Crippen molar-refractivity contribution >= 4 is 0 Å². The van der Waals surface area contributed by atoms with Crippen LogP contribution in [-0.2, 0) is 0 Å². The van der Waals surface area contributed by atoms with Crippen molar-refractivity contribution in [3.8, 4) is 0 Å². The minimum Gasteiger partial charge on any atom is -0.396 e. The fraction of sp³-hybridized carbons (Fsp3) is 0.895.